The molecule has 1 aromatic carbocycles. The average Bonchev–Trinajstić information content (AvgIpc) is 2.44. The van der Waals surface area contributed by atoms with Gasteiger partial charge in [-0.25, -0.2) is 0 Å². The zero-order valence-corrected chi connectivity index (χ0v) is 11.7. The van der Waals surface area contributed by atoms with Crippen molar-refractivity contribution in [3.63, 3.8) is 0 Å². The molecular weight excluding hydrogens is 246 g/mol. The Kier molecular flexibility index (Phi) is 5.60. The number of ether oxygens (including phenoxy) is 2. The molecule has 0 fully saturated rings. The van der Waals surface area contributed by atoms with Crippen LogP contribution in [0.25, 0.3) is 0 Å². The molecule has 0 aromatic heterocycles. The van der Waals surface area contributed by atoms with E-state index in [-0.39, 0.29) is 12.3 Å². The van der Waals surface area contributed by atoms with Crippen LogP contribution in [-0.2, 0) is 0 Å². The van der Waals surface area contributed by atoms with Crippen LogP contribution in [-0.4, -0.2) is 36.8 Å². The molecule has 19 heavy (non-hydrogen) atoms. The van der Waals surface area contributed by atoms with Gasteiger partial charge in [0.25, 0.3) is 0 Å². The highest BCUT2D eigenvalue weighted by Gasteiger charge is 2.25. The largest absolute Gasteiger partial charge is 0.493 e. The summed E-state index contributed by atoms with van der Waals surface area (Å²) in [7, 11) is 3.16. The maximum Gasteiger partial charge on any atom is 0.160 e. The maximum absolute atomic E-state index is 9.79. The molecule has 0 spiro atoms. The molecule has 4 N–H and O–H groups in total. The summed E-state index contributed by atoms with van der Waals surface area (Å²) in [6.07, 6.45) is 1.09. The molecule has 0 amide bonds. The van der Waals surface area contributed by atoms with Crippen molar-refractivity contribution >= 4 is 0 Å². The highest BCUT2D eigenvalue weighted by atomic mass is 16.5. The third-order valence-electron chi connectivity index (χ3n) is 3.25. The van der Waals surface area contributed by atoms with Gasteiger partial charge in [0.15, 0.2) is 11.5 Å². The van der Waals surface area contributed by atoms with Crippen LogP contribution < -0.4 is 15.2 Å². The van der Waals surface area contributed by atoms with Gasteiger partial charge < -0.3 is 25.4 Å². The second-order valence-corrected chi connectivity index (χ2v) is 4.69. The summed E-state index contributed by atoms with van der Waals surface area (Å²) in [4.78, 5) is 0. The molecule has 0 bridgehead atoms. The Morgan fingerprint density at radius 1 is 1.26 bits per heavy atom. The summed E-state index contributed by atoms with van der Waals surface area (Å²) in [5, 5.41) is 18.8. The van der Waals surface area contributed by atoms with E-state index in [9.17, 15) is 5.11 Å². The van der Waals surface area contributed by atoms with Crippen molar-refractivity contribution in [2.75, 3.05) is 20.8 Å². The third kappa shape index (κ3) is 4.09. The van der Waals surface area contributed by atoms with E-state index < -0.39 is 12.3 Å². The Bertz CT molecular complexity index is 406. The van der Waals surface area contributed by atoms with Crippen molar-refractivity contribution in [1.29, 1.82) is 0 Å². The fourth-order valence-electron chi connectivity index (χ4n) is 2.10. The number of aliphatic hydroxyl groups excluding tert-OH is 1. The highest BCUT2D eigenvalue weighted by Crippen LogP contribution is 2.34. The molecule has 0 saturated carbocycles. The lowest BCUT2D eigenvalue weighted by Gasteiger charge is -2.26. The van der Waals surface area contributed by atoms with Crippen LogP contribution >= 0.6 is 0 Å². The maximum atomic E-state index is 9.79. The Labute approximate surface area is 114 Å². The van der Waals surface area contributed by atoms with E-state index in [1.807, 2.05) is 25.1 Å². The van der Waals surface area contributed by atoms with Crippen LogP contribution in [0, 0.1) is 0 Å². The van der Waals surface area contributed by atoms with E-state index in [2.05, 4.69) is 0 Å². The van der Waals surface area contributed by atoms with Gasteiger partial charge in [0, 0.05) is 0 Å². The zero-order chi connectivity index (χ0) is 14.5. The molecule has 2 unspecified atom stereocenters. The van der Waals surface area contributed by atoms with E-state index in [1.54, 1.807) is 14.2 Å². The highest BCUT2D eigenvalue weighted by molar-refractivity contribution is 5.44. The van der Waals surface area contributed by atoms with Crippen molar-refractivity contribution in [3.05, 3.63) is 23.8 Å². The van der Waals surface area contributed by atoms with Crippen LogP contribution in [0.3, 0.4) is 0 Å². The molecule has 0 aliphatic rings. The number of aliphatic hydroxyl groups is 2. The van der Waals surface area contributed by atoms with Crippen LogP contribution in [0.5, 0.6) is 11.5 Å². The smallest absolute Gasteiger partial charge is 0.160 e. The molecule has 108 valence electrons. The van der Waals surface area contributed by atoms with Gasteiger partial charge in [0.05, 0.1) is 20.8 Å². The molecular formula is C14H23NO4. The van der Waals surface area contributed by atoms with Gasteiger partial charge in [-0.05, 0) is 36.5 Å². The Hall–Kier alpha value is -1.30. The molecule has 0 aliphatic heterocycles. The molecule has 0 saturated heterocycles. The summed E-state index contributed by atoms with van der Waals surface area (Å²) in [6, 6.07) is 5.62. The molecule has 0 radical (unpaired) electrons. The second kappa shape index (κ2) is 6.75. The lowest BCUT2D eigenvalue weighted by atomic mass is 9.88. The van der Waals surface area contributed by atoms with E-state index >= 15 is 0 Å². The third-order valence-corrected chi connectivity index (χ3v) is 3.25. The first-order valence-electron chi connectivity index (χ1n) is 6.31. The summed E-state index contributed by atoms with van der Waals surface area (Å²) in [5.74, 6) is 1.34. The zero-order valence-electron chi connectivity index (χ0n) is 11.7. The fourth-order valence-corrected chi connectivity index (χ4v) is 2.10. The minimum absolute atomic E-state index is 0.0435. The van der Waals surface area contributed by atoms with E-state index in [1.165, 1.54) is 0 Å². The van der Waals surface area contributed by atoms with Crippen molar-refractivity contribution in [2.45, 2.75) is 31.4 Å². The number of nitrogens with two attached hydrogens (primary N) is 1. The van der Waals surface area contributed by atoms with Crippen LogP contribution in [0.15, 0.2) is 18.2 Å². The average molecular weight is 269 g/mol. The lowest BCUT2D eigenvalue weighted by Crippen LogP contribution is -2.44. The van der Waals surface area contributed by atoms with E-state index in [4.69, 9.17) is 20.3 Å². The predicted molar refractivity (Wildman–Crippen MR) is 73.4 cm³/mol. The number of rotatable bonds is 7. The monoisotopic (exact) mass is 269 g/mol. The summed E-state index contributed by atoms with van der Waals surface area (Å²) < 4.78 is 10.4. The van der Waals surface area contributed by atoms with Gasteiger partial charge in [0.1, 0.15) is 5.72 Å². The first kappa shape index (κ1) is 15.8. The van der Waals surface area contributed by atoms with Crippen molar-refractivity contribution in [1.82, 2.24) is 0 Å². The number of methoxy groups -OCH3 is 2. The topological polar surface area (TPSA) is 84.9 Å². The van der Waals surface area contributed by atoms with Crippen molar-refractivity contribution in [2.24, 2.45) is 5.73 Å². The van der Waals surface area contributed by atoms with Gasteiger partial charge in [-0.2, -0.15) is 0 Å². The van der Waals surface area contributed by atoms with Crippen LogP contribution in [0.4, 0.5) is 0 Å². The van der Waals surface area contributed by atoms with Gasteiger partial charge in [0.2, 0.25) is 0 Å². The molecule has 5 heteroatoms. The Morgan fingerprint density at radius 2 is 1.89 bits per heavy atom. The minimum atomic E-state index is -1.56. The molecule has 1 rings (SSSR count). The molecule has 0 heterocycles. The number of hydrogen-bond acceptors (Lipinski definition) is 5. The quantitative estimate of drug-likeness (QED) is 0.648. The SMILES string of the molecule is CCC(CC(N)(O)CO)c1ccc(OC)c(OC)c1. The fraction of sp³-hybridized carbons (Fsp3) is 0.571. The molecule has 5 nitrogen and oxygen atoms in total. The summed E-state index contributed by atoms with van der Waals surface area (Å²) in [6.45, 7) is 1.55. The number of hydrogen-bond donors (Lipinski definition) is 3. The summed E-state index contributed by atoms with van der Waals surface area (Å²) in [5.41, 5.74) is 5.04. The molecule has 2 atom stereocenters. The number of benzene rings is 1. The van der Waals surface area contributed by atoms with E-state index in [0.29, 0.717) is 11.5 Å². The van der Waals surface area contributed by atoms with Crippen molar-refractivity contribution < 1.29 is 19.7 Å². The Balaban J connectivity index is 2.99. The summed E-state index contributed by atoms with van der Waals surface area (Å²) >= 11 is 0. The predicted octanol–water partition coefficient (Wildman–Crippen LogP) is 1.23. The lowest BCUT2D eigenvalue weighted by molar-refractivity contribution is -0.0215. The van der Waals surface area contributed by atoms with E-state index in [0.717, 1.165) is 12.0 Å². The first-order valence-corrected chi connectivity index (χ1v) is 6.31. The molecule has 0 aliphatic carbocycles. The molecule has 1 aromatic rings. The van der Waals surface area contributed by atoms with Crippen LogP contribution in [0.1, 0.15) is 31.2 Å². The van der Waals surface area contributed by atoms with Gasteiger partial charge in [-0.15, -0.1) is 0 Å². The van der Waals surface area contributed by atoms with Gasteiger partial charge in [-0.3, -0.25) is 0 Å². The van der Waals surface area contributed by atoms with Crippen molar-refractivity contribution in [3.8, 4) is 11.5 Å². The van der Waals surface area contributed by atoms with Crippen LogP contribution in [0.2, 0.25) is 0 Å². The standard InChI is InChI=1S/C14H23NO4/c1-4-10(8-14(15,17)9-16)11-5-6-12(18-2)13(7-11)19-3/h5-7,10,16-17H,4,8-9,15H2,1-3H3. The normalized spacial score (nSPS) is 15.7. The minimum Gasteiger partial charge on any atom is -0.493 e. The second-order valence-electron chi connectivity index (χ2n) is 4.69. The Morgan fingerprint density at radius 3 is 2.37 bits per heavy atom. The van der Waals surface area contributed by atoms with Gasteiger partial charge >= 0.3 is 0 Å². The first-order chi connectivity index (χ1) is 8.97. The van der Waals surface area contributed by atoms with Gasteiger partial charge in [-0.1, -0.05) is 13.0 Å².